The first kappa shape index (κ1) is 15.9. The molecule has 0 N–H and O–H groups in total. The van der Waals surface area contributed by atoms with E-state index in [9.17, 15) is 26.3 Å². The third-order valence-corrected chi connectivity index (χ3v) is 6.09. The Bertz CT molecular complexity index is 1580. The van der Waals surface area contributed by atoms with Crippen molar-refractivity contribution in [2.45, 2.75) is 0 Å². The van der Waals surface area contributed by atoms with Gasteiger partial charge in [-0.25, -0.2) is 0 Å². The Labute approximate surface area is 169 Å². The fourth-order valence-corrected chi connectivity index (χ4v) is 4.97. The standard InChI is InChI=1S/C25H5N5/c26-6-11-1-16-12(7-27)2-18-14(9-29)4-20-15(10-30)5-19-13(8-28)3-17(11)22-21(16)23(18)25(20)24(19)22/h1-5H. The van der Waals surface area contributed by atoms with E-state index >= 15 is 0 Å². The van der Waals surface area contributed by atoms with Crippen LogP contribution in [0.5, 0.6) is 0 Å². The molecule has 6 aromatic carbocycles. The minimum Gasteiger partial charge on any atom is -0.192 e. The second-order valence-electron chi connectivity index (χ2n) is 7.29. The molecule has 0 spiro atoms. The van der Waals surface area contributed by atoms with Crippen molar-refractivity contribution in [1.29, 1.82) is 26.3 Å². The fourth-order valence-electron chi connectivity index (χ4n) is 4.97. The van der Waals surface area contributed by atoms with Gasteiger partial charge in [-0.1, -0.05) is 0 Å². The van der Waals surface area contributed by atoms with E-state index in [1.54, 1.807) is 30.3 Å². The van der Waals surface area contributed by atoms with E-state index in [2.05, 4.69) is 30.3 Å². The summed E-state index contributed by atoms with van der Waals surface area (Å²) < 4.78 is 0. The molecule has 0 saturated heterocycles. The first-order valence-electron chi connectivity index (χ1n) is 9.00. The van der Waals surface area contributed by atoms with Gasteiger partial charge >= 0.3 is 0 Å². The fraction of sp³-hybridized carbons (Fsp3) is 0. The van der Waals surface area contributed by atoms with Gasteiger partial charge < -0.3 is 0 Å². The molecule has 0 amide bonds. The molecule has 0 saturated carbocycles. The Kier molecular flexibility index (Phi) is 2.65. The number of nitriles is 5. The van der Waals surface area contributed by atoms with Crippen LogP contribution < -0.4 is 0 Å². The van der Waals surface area contributed by atoms with Crippen LogP contribution >= 0.6 is 0 Å². The van der Waals surface area contributed by atoms with E-state index in [1.165, 1.54) is 0 Å². The van der Waals surface area contributed by atoms with E-state index in [-0.39, 0.29) is 0 Å². The van der Waals surface area contributed by atoms with Crippen LogP contribution in [0.3, 0.4) is 0 Å². The van der Waals surface area contributed by atoms with E-state index in [0.29, 0.717) is 54.7 Å². The molecule has 5 heteroatoms. The normalized spacial score (nSPS) is 11.2. The third kappa shape index (κ3) is 1.52. The first-order chi connectivity index (χ1) is 14.7. The Morgan fingerprint density at radius 3 is 0.633 bits per heavy atom. The van der Waals surface area contributed by atoms with Crippen LogP contribution in [0.2, 0.25) is 0 Å². The van der Waals surface area contributed by atoms with Crippen LogP contribution in [0.1, 0.15) is 27.8 Å². The first-order valence-corrected chi connectivity index (χ1v) is 9.00. The summed E-state index contributed by atoms with van der Waals surface area (Å²) in [7, 11) is 0. The molecular weight excluding hydrogens is 370 g/mol. The van der Waals surface area contributed by atoms with Crippen LogP contribution in [-0.4, -0.2) is 0 Å². The van der Waals surface area contributed by atoms with E-state index in [1.807, 2.05) is 0 Å². The molecule has 5 nitrogen and oxygen atoms in total. The largest absolute Gasteiger partial charge is 0.192 e. The minimum atomic E-state index is 0.387. The molecule has 0 heterocycles. The highest BCUT2D eigenvalue weighted by molar-refractivity contribution is 6.46. The van der Waals surface area contributed by atoms with Gasteiger partial charge in [0, 0.05) is 53.9 Å². The number of rotatable bonds is 0. The topological polar surface area (TPSA) is 119 Å². The maximum atomic E-state index is 9.78. The molecule has 0 fully saturated rings. The van der Waals surface area contributed by atoms with Crippen molar-refractivity contribution in [3.05, 3.63) is 58.1 Å². The van der Waals surface area contributed by atoms with Crippen LogP contribution in [0.4, 0.5) is 0 Å². The Morgan fingerprint density at radius 2 is 0.500 bits per heavy atom. The van der Waals surface area contributed by atoms with Gasteiger partial charge in [0.1, 0.15) is 0 Å². The van der Waals surface area contributed by atoms with Crippen LogP contribution in [0, 0.1) is 56.7 Å². The summed E-state index contributed by atoms with van der Waals surface area (Å²) in [4.78, 5) is 0. The summed E-state index contributed by atoms with van der Waals surface area (Å²) in [5.74, 6) is 0. The van der Waals surface area contributed by atoms with E-state index in [0.717, 1.165) is 26.9 Å². The van der Waals surface area contributed by atoms with Crippen molar-refractivity contribution in [3.8, 4) is 30.3 Å². The molecular formula is C25H5N5. The van der Waals surface area contributed by atoms with Gasteiger partial charge in [-0.3, -0.25) is 0 Å². The van der Waals surface area contributed by atoms with Crippen molar-refractivity contribution >= 4 is 53.9 Å². The average Bonchev–Trinajstić information content (AvgIpc) is 3.15. The number of hydrogen-bond donors (Lipinski definition) is 0. The quantitative estimate of drug-likeness (QED) is 0.341. The van der Waals surface area contributed by atoms with Gasteiger partial charge in [-0.05, 0) is 30.3 Å². The predicted octanol–water partition coefficient (Wildman–Crippen LogP) is 5.12. The van der Waals surface area contributed by atoms with Crippen LogP contribution in [-0.2, 0) is 0 Å². The molecule has 0 radical (unpaired) electrons. The molecule has 0 atom stereocenters. The lowest BCUT2D eigenvalue weighted by molar-refractivity contribution is 1.49. The third-order valence-electron chi connectivity index (χ3n) is 6.09. The summed E-state index contributed by atoms with van der Waals surface area (Å²) in [6, 6.07) is 19.4. The zero-order valence-electron chi connectivity index (χ0n) is 15.1. The van der Waals surface area contributed by atoms with Crippen molar-refractivity contribution in [3.63, 3.8) is 0 Å². The molecule has 130 valence electrons. The molecule has 0 unspecified atom stereocenters. The number of nitrogens with zero attached hydrogens (tertiary/aromatic N) is 5. The van der Waals surface area contributed by atoms with Gasteiger partial charge in [-0.2, -0.15) is 26.3 Å². The molecule has 0 aliphatic rings. The maximum absolute atomic E-state index is 9.78. The highest BCUT2D eigenvalue weighted by Crippen LogP contribution is 2.51. The second kappa shape index (κ2) is 5.01. The summed E-state index contributed by atoms with van der Waals surface area (Å²) in [6.45, 7) is 0. The summed E-state index contributed by atoms with van der Waals surface area (Å²) in [5, 5.41) is 56.1. The minimum absolute atomic E-state index is 0.387. The Morgan fingerprint density at radius 1 is 0.333 bits per heavy atom. The summed E-state index contributed by atoms with van der Waals surface area (Å²) >= 11 is 0. The van der Waals surface area contributed by atoms with Crippen molar-refractivity contribution in [1.82, 2.24) is 0 Å². The van der Waals surface area contributed by atoms with Gasteiger partial charge in [0.15, 0.2) is 0 Å². The summed E-state index contributed by atoms with van der Waals surface area (Å²) in [6.07, 6.45) is 0. The van der Waals surface area contributed by atoms with Crippen molar-refractivity contribution in [2.24, 2.45) is 0 Å². The maximum Gasteiger partial charge on any atom is 0.0998 e. The lowest BCUT2D eigenvalue weighted by Crippen LogP contribution is -1.89. The van der Waals surface area contributed by atoms with Crippen LogP contribution in [0.25, 0.3) is 53.9 Å². The second-order valence-corrected chi connectivity index (χ2v) is 7.29. The zero-order chi connectivity index (χ0) is 20.7. The van der Waals surface area contributed by atoms with Gasteiger partial charge in [0.25, 0.3) is 0 Å². The Hall–Kier alpha value is -5.15. The highest BCUT2D eigenvalue weighted by atomic mass is 14.3. The van der Waals surface area contributed by atoms with Gasteiger partial charge in [0.05, 0.1) is 58.2 Å². The lowest BCUT2D eigenvalue weighted by atomic mass is 9.91. The molecule has 0 bridgehead atoms. The van der Waals surface area contributed by atoms with Crippen molar-refractivity contribution < 1.29 is 0 Å². The molecule has 6 aromatic rings. The number of hydrogen-bond acceptors (Lipinski definition) is 5. The van der Waals surface area contributed by atoms with Gasteiger partial charge in [0.2, 0.25) is 0 Å². The lowest BCUT2D eigenvalue weighted by Gasteiger charge is -2.09. The Balaban J connectivity index is 2.18. The van der Waals surface area contributed by atoms with E-state index in [4.69, 9.17) is 0 Å². The molecule has 6 rings (SSSR count). The number of benzene rings is 5. The molecule has 0 aromatic heterocycles. The van der Waals surface area contributed by atoms with Crippen LogP contribution in [0.15, 0.2) is 30.3 Å². The molecule has 0 aliphatic carbocycles. The predicted molar refractivity (Wildman–Crippen MR) is 111 cm³/mol. The monoisotopic (exact) mass is 375 g/mol. The molecule has 30 heavy (non-hydrogen) atoms. The van der Waals surface area contributed by atoms with Crippen molar-refractivity contribution in [2.75, 3.05) is 0 Å². The average molecular weight is 375 g/mol. The highest BCUT2D eigenvalue weighted by Gasteiger charge is 2.27. The van der Waals surface area contributed by atoms with E-state index < -0.39 is 0 Å². The zero-order valence-corrected chi connectivity index (χ0v) is 15.1. The SMILES string of the molecule is N#Cc1cc2c(C#N)cc3c(C#N)cc4c(C#N)cc5c(C#N)cc1c1c5c4c3c21. The molecule has 0 aliphatic heterocycles. The summed E-state index contributed by atoms with van der Waals surface area (Å²) in [5.41, 5.74) is 1.93. The van der Waals surface area contributed by atoms with Gasteiger partial charge in [-0.15, -0.1) is 0 Å². The smallest absolute Gasteiger partial charge is 0.0998 e.